The number of rotatable bonds is 7. The molecule has 1 aromatic heterocycles. The minimum absolute atomic E-state index is 0.0404. The van der Waals surface area contributed by atoms with Crippen LogP contribution in [0.4, 0.5) is 17.1 Å². The van der Waals surface area contributed by atoms with E-state index in [1.165, 1.54) is 77.4 Å². The molecule has 1 heterocycles. The first kappa shape index (κ1) is 34.8. The molecular weight excluding hydrogens is 713 g/mol. The summed E-state index contributed by atoms with van der Waals surface area (Å²) < 4.78 is 2.39. The molecule has 1 aliphatic rings. The fourth-order valence-corrected chi connectivity index (χ4v) is 9.57. The average Bonchev–Trinajstić information content (AvgIpc) is 3.76. The van der Waals surface area contributed by atoms with E-state index in [-0.39, 0.29) is 5.41 Å². The van der Waals surface area contributed by atoms with Crippen molar-refractivity contribution in [3.05, 3.63) is 230 Å². The second kappa shape index (κ2) is 13.9. The standard InChI is InChI=1S/C57H42N2/c1-57(2)51-23-11-9-19-49(51)55-47(21-13-24-52(55)57)41-29-35-45(36-30-41)58(44-33-27-40(28-34-44)39-15-5-3-6-16-39)46-37-31-42(32-38-46)48-22-14-26-54-56(48)50-20-10-12-25-53(50)59(54)43-17-7-4-8-18-43/h3-38H,1-2H3. The van der Waals surface area contributed by atoms with Gasteiger partial charge in [0.1, 0.15) is 0 Å². The fraction of sp³-hybridized carbons (Fsp3) is 0.0526. The van der Waals surface area contributed by atoms with Gasteiger partial charge in [-0.05, 0) is 116 Å². The maximum absolute atomic E-state index is 2.39. The van der Waals surface area contributed by atoms with Crippen molar-refractivity contribution in [1.29, 1.82) is 0 Å². The van der Waals surface area contributed by atoms with E-state index in [1.807, 2.05) is 0 Å². The normalized spacial score (nSPS) is 12.7. The molecule has 2 nitrogen and oxygen atoms in total. The van der Waals surface area contributed by atoms with E-state index in [0.29, 0.717) is 0 Å². The summed E-state index contributed by atoms with van der Waals surface area (Å²) >= 11 is 0. The molecule has 9 aromatic carbocycles. The van der Waals surface area contributed by atoms with Gasteiger partial charge in [0.05, 0.1) is 11.0 Å². The largest absolute Gasteiger partial charge is 0.311 e. The first-order chi connectivity index (χ1) is 29.0. The van der Waals surface area contributed by atoms with E-state index in [0.717, 1.165) is 22.7 Å². The molecule has 0 amide bonds. The highest BCUT2D eigenvalue weighted by molar-refractivity contribution is 6.15. The van der Waals surface area contributed by atoms with Crippen LogP contribution in [0.5, 0.6) is 0 Å². The van der Waals surface area contributed by atoms with Gasteiger partial charge in [0.2, 0.25) is 0 Å². The topological polar surface area (TPSA) is 8.17 Å². The predicted molar refractivity (Wildman–Crippen MR) is 249 cm³/mol. The van der Waals surface area contributed by atoms with Crippen LogP contribution in [0.3, 0.4) is 0 Å². The number of fused-ring (bicyclic) bond motifs is 6. The zero-order valence-electron chi connectivity index (χ0n) is 33.2. The summed E-state index contributed by atoms with van der Waals surface area (Å²) in [6.45, 7) is 4.69. The van der Waals surface area contributed by atoms with Crippen molar-refractivity contribution in [3.8, 4) is 50.2 Å². The van der Waals surface area contributed by atoms with Crippen LogP contribution in [-0.2, 0) is 5.41 Å². The number of benzene rings is 9. The van der Waals surface area contributed by atoms with Gasteiger partial charge >= 0.3 is 0 Å². The molecule has 280 valence electrons. The van der Waals surface area contributed by atoms with E-state index >= 15 is 0 Å². The van der Waals surface area contributed by atoms with Crippen LogP contribution in [0.1, 0.15) is 25.0 Å². The van der Waals surface area contributed by atoms with Gasteiger partial charge in [-0.3, -0.25) is 0 Å². The Kier molecular flexibility index (Phi) is 8.20. The van der Waals surface area contributed by atoms with Crippen molar-refractivity contribution in [2.24, 2.45) is 0 Å². The molecule has 0 radical (unpaired) electrons. The van der Waals surface area contributed by atoms with E-state index in [1.54, 1.807) is 0 Å². The summed E-state index contributed by atoms with van der Waals surface area (Å²) in [5, 5.41) is 2.52. The lowest BCUT2D eigenvalue weighted by molar-refractivity contribution is 0.660. The van der Waals surface area contributed by atoms with Crippen LogP contribution in [0.25, 0.3) is 72.0 Å². The summed E-state index contributed by atoms with van der Waals surface area (Å²) in [7, 11) is 0. The molecule has 0 unspecified atom stereocenters. The molecule has 0 bridgehead atoms. The Morgan fingerprint density at radius 3 is 1.53 bits per heavy atom. The maximum Gasteiger partial charge on any atom is 0.0547 e. The van der Waals surface area contributed by atoms with Crippen molar-refractivity contribution in [2.45, 2.75) is 19.3 Å². The third-order valence-corrected chi connectivity index (χ3v) is 12.4. The Balaban J connectivity index is 1.01. The molecule has 59 heavy (non-hydrogen) atoms. The number of para-hydroxylation sites is 2. The minimum atomic E-state index is -0.0404. The number of anilines is 3. The maximum atomic E-state index is 2.39. The van der Waals surface area contributed by atoms with E-state index in [2.05, 4.69) is 242 Å². The van der Waals surface area contributed by atoms with Crippen LogP contribution < -0.4 is 4.90 Å². The molecule has 0 N–H and O–H groups in total. The zero-order valence-corrected chi connectivity index (χ0v) is 33.2. The lowest BCUT2D eigenvalue weighted by Gasteiger charge is -2.26. The van der Waals surface area contributed by atoms with Gasteiger partial charge in [-0.15, -0.1) is 0 Å². The van der Waals surface area contributed by atoms with Gasteiger partial charge in [0.15, 0.2) is 0 Å². The molecule has 0 saturated carbocycles. The highest BCUT2D eigenvalue weighted by Gasteiger charge is 2.36. The summed E-state index contributed by atoms with van der Waals surface area (Å²) in [5.74, 6) is 0. The van der Waals surface area contributed by atoms with Gasteiger partial charge in [-0.1, -0.05) is 172 Å². The van der Waals surface area contributed by atoms with E-state index in [9.17, 15) is 0 Å². The van der Waals surface area contributed by atoms with Crippen molar-refractivity contribution in [2.75, 3.05) is 4.90 Å². The zero-order chi connectivity index (χ0) is 39.5. The van der Waals surface area contributed by atoms with Gasteiger partial charge in [0, 0.05) is 38.9 Å². The Hall–Kier alpha value is -7.42. The van der Waals surface area contributed by atoms with E-state index < -0.39 is 0 Å². The molecule has 0 fully saturated rings. The highest BCUT2D eigenvalue weighted by atomic mass is 15.1. The molecule has 10 aromatic rings. The quantitative estimate of drug-likeness (QED) is 0.157. The van der Waals surface area contributed by atoms with Crippen molar-refractivity contribution >= 4 is 38.9 Å². The Morgan fingerprint density at radius 1 is 0.356 bits per heavy atom. The predicted octanol–water partition coefficient (Wildman–Crippen LogP) is 15.6. The number of nitrogens with zero attached hydrogens (tertiary/aromatic N) is 2. The third-order valence-electron chi connectivity index (χ3n) is 12.4. The Labute approximate surface area is 345 Å². The summed E-state index contributed by atoms with van der Waals surface area (Å²) in [6.07, 6.45) is 0. The number of hydrogen-bond donors (Lipinski definition) is 0. The second-order valence-corrected chi connectivity index (χ2v) is 16.1. The molecule has 0 aliphatic heterocycles. The molecule has 0 atom stereocenters. The summed E-state index contributed by atoms with van der Waals surface area (Å²) in [6, 6.07) is 79.6. The van der Waals surface area contributed by atoms with Crippen molar-refractivity contribution in [3.63, 3.8) is 0 Å². The highest BCUT2D eigenvalue weighted by Crippen LogP contribution is 2.52. The SMILES string of the molecule is CC1(C)c2ccccc2-c2c(-c3ccc(N(c4ccc(-c5ccccc5)cc4)c4ccc(-c5cccc6c5c5ccccc5n6-c5ccccc5)cc4)cc3)cccc21. The third kappa shape index (κ3) is 5.71. The number of hydrogen-bond acceptors (Lipinski definition) is 1. The first-order valence-electron chi connectivity index (χ1n) is 20.5. The van der Waals surface area contributed by atoms with Crippen LogP contribution in [0, 0.1) is 0 Å². The molecular formula is C57H42N2. The van der Waals surface area contributed by atoms with Gasteiger partial charge in [-0.25, -0.2) is 0 Å². The van der Waals surface area contributed by atoms with Crippen LogP contribution in [0.15, 0.2) is 218 Å². The van der Waals surface area contributed by atoms with Crippen molar-refractivity contribution in [1.82, 2.24) is 4.57 Å². The van der Waals surface area contributed by atoms with Crippen LogP contribution >= 0.6 is 0 Å². The monoisotopic (exact) mass is 754 g/mol. The second-order valence-electron chi connectivity index (χ2n) is 16.1. The summed E-state index contributed by atoms with van der Waals surface area (Å²) in [4.78, 5) is 2.37. The minimum Gasteiger partial charge on any atom is -0.311 e. The molecule has 2 heteroatoms. The molecule has 1 aliphatic carbocycles. The molecule has 0 spiro atoms. The lowest BCUT2D eigenvalue weighted by atomic mass is 9.82. The lowest BCUT2D eigenvalue weighted by Crippen LogP contribution is -2.14. The van der Waals surface area contributed by atoms with Gasteiger partial charge in [-0.2, -0.15) is 0 Å². The van der Waals surface area contributed by atoms with Gasteiger partial charge in [0.25, 0.3) is 0 Å². The van der Waals surface area contributed by atoms with Crippen molar-refractivity contribution < 1.29 is 0 Å². The first-order valence-corrected chi connectivity index (χ1v) is 20.5. The average molecular weight is 755 g/mol. The van der Waals surface area contributed by atoms with Crippen LogP contribution in [0.2, 0.25) is 0 Å². The van der Waals surface area contributed by atoms with E-state index in [4.69, 9.17) is 0 Å². The smallest absolute Gasteiger partial charge is 0.0547 e. The Bertz CT molecular complexity index is 3140. The molecule has 11 rings (SSSR count). The van der Waals surface area contributed by atoms with Gasteiger partial charge < -0.3 is 9.47 Å². The molecule has 0 saturated heterocycles. The fourth-order valence-electron chi connectivity index (χ4n) is 9.57. The Morgan fingerprint density at radius 2 is 0.831 bits per heavy atom. The van der Waals surface area contributed by atoms with Crippen LogP contribution in [-0.4, -0.2) is 4.57 Å². The number of aromatic nitrogens is 1. The summed E-state index contributed by atoms with van der Waals surface area (Å²) in [5.41, 5.74) is 19.6.